The van der Waals surface area contributed by atoms with Crippen LogP contribution in [0.5, 0.6) is 0 Å². The quantitative estimate of drug-likeness (QED) is 0.0906. The van der Waals surface area contributed by atoms with Gasteiger partial charge in [0.2, 0.25) is 5.91 Å². The number of carbonyl (C=O) groups is 3. The molecule has 4 saturated heterocycles. The van der Waals surface area contributed by atoms with Crippen LogP contribution in [0.4, 0.5) is 0 Å². The summed E-state index contributed by atoms with van der Waals surface area (Å²) in [6.07, 6.45) is 7.43. The molecule has 0 aromatic carbocycles. The van der Waals surface area contributed by atoms with Gasteiger partial charge in [0.1, 0.15) is 11.8 Å². The van der Waals surface area contributed by atoms with Gasteiger partial charge in [0.15, 0.2) is 11.6 Å². The van der Waals surface area contributed by atoms with Crippen molar-refractivity contribution in [1.82, 2.24) is 5.32 Å². The van der Waals surface area contributed by atoms with E-state index < -0.39 is 76.8 Å². The van der Waals surface area contributed by atoms with Crippen molar-refractivity contribution in [2.45, 2.75) is 212 Å². The second-order valence-electron chi connectivity index (χ2n) is 19.3. The highest BCUT2D eigenvalue weighted by Gasteiger charge is 2.63. The van der Waals surface area contributed by atoms with Gasteiger partial charge in [0.25, 0.3) is 0 Å². The Morgan fingerprint density at radius 2 is 1.61 bits per heavy atom. The van der Waals surface area contributed by atoms with E-state index >= 15 is 0 Å². The van der Waals surface area contributed by atoms with Gasteiger partial charge in [-0.2, -0.15) is 0 Å². The Bertz CT molecular complexity index is 1500. The van der Waals surface area contributed by atoms with Crippen LogP contribution < -0.4 is 5.32 Å². The molecule has 338 valence electrons. The predicted octanol–water partition coefficient (Wildman–Crippen LogP) is 7.33. The Morgan fingerprint density at radius 1 is 0.915 bits per heavy atom. The number of Topliss-reactive ketones (excluding diaryl/α,β-unsaturated/α-hetero) is 1. The fourth-order valence-electron chi connectivity index (χ4n) is 11.1. The summed E-state index contributed by atoms with van der Waals surface area (Å²) in [7, 11) is 0. The topological polar surface area (TPSA) is 170 Å². The first kappa shape index (κ1) is 48.4. The largest absolute Gasteiger partial charge is 0.481 e. The van der Waals surface area contributed by atoms with E-state index in [1.54, 1.807) is 6.92 Å². The second-order valence-corrected chi connectivity index (χ2v) is 19.7. The molecular formula is C46H76ClNO11. The van der Waals surface area contributed by atoms with E-state index in [4.69, 9.17) is 35.3 Å². The number of ether oxygens (including phenoxy) is 5. The number of aliphatic carboxylic acids is 1. The summed E-state index contributed by atoms with van der Waals surface area (Å²) < 4.78 is 34.4. The molecule has 0 bridgehead atoms. The van der Waals surface area contributed by atoms with Crippen molar-refractivity contribution in [2.24, 2.45) is 41.4 Å². The SMILES string of the molecule is CCC(C(=O)[C@@H](C)[C@@H](O)[C@H](C)[C@@H]1O[C@@H](C(CC)C(=O)O)CC[C@@H]1C)[C@H]1O[C@]2(C=CC(NC(=O)CCCCl)[C@]3(CC[C@@](C)([C@H]4CC[C@](O)(CC)[C@H](C)O4)O3)O2)[C@H](C)C[C@@H]1C. The van der Waals surface area contributed by atoms with Gasteiger partial charge in [0.05, 0.1) is 53.7 Å². The van der Waals surface area contributed by atoms with Gasteiger partial charge in [-0.05, 0) is 96.0 Å². The summed E-state index contributed by atoms with van der Waals surface area (Å²) in [5.74, 6) is -5.71. The van der Waals surface area contributed by atoms with E-state index in [2.05, 4.69) is 26.1 Å². The number of carboxylic acids is 1. The minimum absolute atomic E-state index is 0.0131. The molecular weight excluding hydrogens is 778 g/mol. The standard InChI is InChI=1S/C46H76ClNO11/c1-11-32(42(52)53)34-17-16-26(4)40(56-34)30(8)38(50)29(7)39(51)33(12-2)41-27(5)25-28(6)45(57-41)21-18-35(48-37(49)15-14-24-47)46(59-45)23-22-43(10,58-46)36-19-20-44(54,13-3)31(9)55-36/h18,21,26-36,38,40-41,50,54H,11-17,19-20,22-25H2,1-10H3,(H,48,49)(H,52,53)/t26-,27-,28+,29-,30-,31-,32?,33?,34+,35?,36+,38+,40+,41-,43-,44+,45-,46-/m0/s1. The van der Waals surface area contributed by atoms with Gasteiger partial charge in [-0.1, -0.05) is 61.5 Å². The maximum Gasteiger partial charge on any atom is 0.309 e. The number of ketones is 1. The zero-order chi connectivity index (χ0) is 43.7. The predicted molar refractivity (Wildman–Crippen MR) is 225 cm³/mol. The molecule has 5 aliphatic heterocycles. The lowest BCUT2D eigenvalue weighted by molar-refractivity contribution is -0.398. The molecule has 5 heterocycles. The Labute approximate surface area is 358 Å². The first-order valence-electron chi connectivity index (χ1n) is 22.8. The smallest absolute Gasteiger partial charge is 0.309 e. The molecule has 4 fully saturated rings. The fraction of sp³-hybridized carbons (Fsp3) is 0.891. The maximum absolute atomic E-state index is 14.6. The summed E-state index contributed by atoms with van der Waals surface area (Å²) in [4.78, 5) is 39.9. The van der Waals surface area contributed by atoms with Crippen LogP contribution in [-0.2, 0) is 38.1 Å². The van der Waals surface area contributed by atoms with E-state index in [0.717, 1.165) is 6.42 Å². The Hall–Kier alpha value is -1.64. The van der Waals surface area contributed by atoms with Crippen LogP contribution in [-0.4, -0.2) is 104 Å². The lowest BCUT2D eigenvalue weighted by Crippen LogP contribution is -2.65. The highest BCUT2D eigenvalue weighted by atomic mass is 35.5. The highest BCUT2D eigenvalue weighted by Crippen LogP contribution is 2.54. The maximum atomic E-state index is 14.6. The van der Waals surface area contributed by atoms with Gasteiger partial charge in [-0.15, -0.1) is 11.6 Å². The fourth-order valence-corrected chi connectivity index (χ4v) is 11.3. The summed E-state index contributed by atoms with van der Waals surface area (Å²) in [6, 6.07) is -0.632. The number of rotatable bonds is 16. The van der Waals surface area contributed by atoms with E-state index in [-0.39, 0.29) is 54.2 Å². The van der Waals surface area contributed by atoms with E-state index in [1.807, 2.05) is 53.7 Å². The Balaban J connectivity index is 1.38. The highest BCUT2D eigenvalue weighted by molar-refractivity contribution is 6.17. The number of aliphatic hydroxyl groups excluding tert-OH is 1. The zero-order valence-electron chi connectivity index (χ0n) is 37.4. The van der Waals surface area contributed by atoms with Crippen LogP contribution in [0.2, 0.25) is 0 Å². The molecule has 0 saturated carbocycles. The summed E-state index contributed by atoms with van der Waals surface area (Å²) in [5, 5.41) is 36.0. The molecule has 5 rings (SSSR count). The van der Waals surface area contributed by atoms with Crippen molar-refractivity contribution in [3.05, 3.63) is 12.2 Å². The Morgan fingerprint density at radius 3 is 2.22 bits per heavy atom. The van der Waals surface area contributed by atoms with Crippen molar-refractivity contribution < 1.29 is 53.4 Å². The lowest BCUT2D eigenvalue weighted by Gasteiger charge is -2.55. The number of hydrogen-bond acceptors (Lipinski definition) is 10. The molecule has 3 unspecified atom stereocenters. The Kier molecular flexibility index (Phi) is 15.9. The third-order valence-corrected chi connectivity index (χ3v) is 15.6. The van der Waals surface area contributed by atoms with Gasteiger partial charge in [0, 0.05) is 42.4 Å². The molecule has 5 aliphatic rings. The summed E-state index contributed by atoms with van der Waals surface area (Å²) in [5.41, 5.74) is -1.69. The van der Waals surface area contributed by atoms with Crippen LogP contribution in [0, 0.1) is 41.4 Å². The first-order chi connectivity index (χ1) is 27.7. The lowest BCUT2D eigenvalue weighted by atomic mass is 9.72. The normalized spacial score (nSPS) is 42.6. The van der Waals surface area contributed by atoms with Crippen molar-refractivity contribution in [3.63, 3.8) is 0 Å². The van der Waals surface area contributed by atoms with E-state index in [1.165, 1.54) is 0 Å². The van der Waals surface area contributed by atoms with Crippen LogP contribution in [0.3, 0.4) is 0 Å². The number of nitrogens with one attached hydrogen (secondary N) is 1. The van der Waals surface area contributed by atoms with Gasteiger partial charge in [-0.25, -0.2) is 0 Å². The molecule has 18 atom stereocenters. The van der Waals surface area contributed by atoms with Crippen LogP contribution in [0.1, 0.15) is 146 Å². The molecule has 12 nitrogen and oxygen atoms in total. The number of aliphatic hydroxyl groups is 2. The van der Waals surface area contributed by atoms with Gasteiger partial charge in [-0.3, -0.25) is 14.4 Å². The third kappa shape index (κ3) is 9.80. The van der Waals surface area contributed by atoms with Crippen molar-refractivity contribution in [1.29, 1.82) is 0 Å². The third-order valence-electron chi connectivity index (χ3n) is 15.3. The van der Waals surface area contributed by atoms with Crippen molar-refractivity contribution in [3.8, 4) is 0 Å². The van der Waals surface area contributed by atoms with E-state index in [9.17, 15) is 29.7 Å². The molecule has 0 aromatic rings. The van der Waals surface area contributed by atoms with Gasteiger partial charge < -0.3 is 44.3 Å². The van der Waals surface area contributed by atoms with Crippen LogP contribution in [0.15, 0.2) is 12.2 Å². The van der Waals surface area contributed by atoms with Crippen LogP contribution >= 0.6 is 11.6 Å². The molecule has 1 amide bonds. The minimum atomic E-state index is -1.30. The number of carbonyl (C=O) groups excluding carboxylic acids is 2. The van der Waals surface area contributed by atoms with Crippen molar-refractivity contribution >= 4 is 29.3 Å². The minimum Gasteiger partial charge on any atom is -0.481 e. The summed E-state index contributed by atoms with van der Waals surface area (Å²) in [6.45, 7) is 19.7. The molecule has 59 heavy (non-hydrogen) atoms. The molecule has 2 spiro atoms. The first-order valence-corrected chi connectivity index (χ1v) is 23.4. The number of halogens is 1. The molecule has 0 aromatic heterocycles. The average molecular weight is 855 g/mol. The van der Waals surface area contributed by atoms with Gasteiger partial charge >= 0.3 is 5.97 Å². The van der Waals surface area contributed by atoms with E-state index in [0.29, 0.717) is 70.1 Å². The number of carboxylic acid groups (broad SMARTS) is 1. The zero-order valence-corrected chi connectivity index (χ0v) is 38.2. The summed E-state index contributed by atoms with van der Waals surface area (Å²) >= 11 is 5.94. The molecule has 0 aliphatic carbocycles. The monoisotopic (exact) mass is 854 g/mol. The molecule has 0 radical (unpaired) electrons. The van der Waals surface area contributed by atoms with Crippen molar-refractivity contribution in [2.75, 3.05) is 5.88 Å². The second kappa shape index (κ2) is 19.4. The molecule has 13 heteroatoms. The number of alkyl halides is 1. The molecule has 4 N–H and O–H groups in total. The average Bonchev–Trinajstić information content (AvgIpc) is 3.54. The van der Waals surface area contributed by atoms with Crippen LogP contribution in [0.25, 0.3) is 0 Å². The number of amides is 1. The number of hydrogen-bond donors (Lipinski definition) is 4.